The Morgan fingerprint density at radius 1 is 1.67 bits per heavy atom. The van der Waals surface area contributed by atoms with Crippen LogP contribution in [0.4, 0.5) is 0 Å². The molecule has 0 N–H and O–H groups in total. The zero-order valence-corrected chi connectivity index (χ0v) is 6.35. The van der Waals surface area contributed by atoms with Gasteiger partial charge in [0.05, 0.1) is 0 Å². The van der Waals surface area contributed by atoms with Crippen molar-refractivity contribution in [2.75, 3.05) is 13.6 Å². The van der Waals surface area contributed by atoms with Gasteiger partial charge in [0, 0.05) is 19.3 Å². The molecule has 0 fully saturated rings. The largest absolute Gasteiger partial charge is 0.378 e. The van der Waals surface area contributed by atoms with E-state index in [-0.39, 0.29) is 0 Å². The van der Waals surface area contributed by atoms with Crippen LogP contribution in [0.5, 0.6) is 0 Å². The van der Waals surface area contributed by atoms with E-state index in [1.54, 1.807) is 0 Å². The predicted molar refractivity (Wildman–Crippen MR) is 40.2 cm³/mol. The van der Waals surface area contributed by atoms with Crippen molar-refractivity contribution < 1.29 is 0 Å². The fraction of sp³-hybridized carbons (Fsp3) is 0.750. The van der Waals surface area contributed by atoms with Crippen molar-refractivity contribution in [1.29, 1.82) is 0 Å². The van der Waals surface area contributed by atoms with Gasteiger partial charge in [-0.25, -0.2) is 0 Å². The summed E-state index contributed by atoms with van der Waals surface area (Å²) in [7, 11) is 2.18. The van der Waals surface area contributed by atoms with Gasteiger partial charge in [0.15, 0.2) is 0 Å². The van der Waals surface area contributed by atoms with Crippen molar-refractivity contribution in [2.24, 2.45) is 0 Å². The van der Waals surface area contributed by atoms with E-state index in [1.807, 2.05) is 0 Å². The maximum Gasteiger partial charge on any atom is 0.0206 e. The summed E-state index contributed by atoms with van der Waals surface area (Å²) in [5.41, 5.74) is 1.54. The van der Waals surface area contributed by atoms with Gasteiger partial charge >= 0.3 is 0 Å². The highest BCUT2D eigenvalue weighted by Crippen LogP contribution is 2.16. The Balaban J connectivity index is 2.38. The molecule has 9 heavy (non-hydrogen) atoms. The fourth-order valence-corrected chi connectivity index (χ4v) is 1.27. The molecule has 0 atom stereocenters. The Labute approximate surface area is 57.4 Å². The maximum atomic E-state index is 2.35. The highest BCUT2D eigenvalue weighted by atomic mass is 15.1. The highest BCUT2D eigenvalue weighted by Gasteiger charge is 2.07. The first-order valence-corrected chi connectivity index (χ1v) is 3.74. The first-order valence-electron chi connectivity index (χ1n) is 3.74. The van der Waals surface area contributed by atoms with Crippen LogP contribution in [0.2, 0.25) is 0 Å². The van der Waals surface area contributed by atoms with E-state index < -0.39 is 0 Å². The Morgan fingerprint density at radius 2 is 2.44 bits per heavy atom. The number of hydrogen-bond acceptors (Lipinski definition) is 1. The molecular formula is C8H15N. The molecule has 1 heterocycles. The first-order chi connectivity index (χ1) is 4.34. The van der Waals surface area contributed by atoms with Crippen molar-refractivity contribution in [3.63, 3.8) is 0 Å². The van der Waals surface area contributed by atoms with E-state index in [1.165, 1.54) is 31.5 Å². The third-order valence-electron chi connectivity index (χ3n) is 1.84. The molecule has 0 unspecified atom stereocenters. The zero-order chi connectivity index (χ0) is 6.69. The fourth-order valence-electron chi connectivity index (χ4n) is 1.27. The van der Waals surface area contributed by atoms with Gasteiger partial charge in [-0.1, -0.05) is 19.4 Å². The van der Waals surface area contributed by atoms with Gasteiger partial charge < -0.3 is 4.90 Å². The van der Waals surface area contributed by atoms with Crippen LogP contribution in [0, 0.1) is 0 Å². The number of nitrogens with zero attached hydrogens (tertiary/aromatic N) is 1. The first kappa shape index (κ1) is 6.66. The standard InChI is InChI=1S/C8H15N/c1-3-5-8-6-4-7-9(8)2/h6H,3-5,7H2,1-2H3. The average Bonchev–Trinajstić information content (AvgIpc) is 2.18. The molecule has 0 bridgehead atoms. The maximum absolute atomic E-state index is 2.35. The molecule has 0 aliphatic carbocycles. The normalized spacial score (nSPS) is 18.4. The van der Waals surface area contributed by atoms with Crippen LogP contribution in [0.15, 0.2) is 11.8 Å². The smallest absolute Gasteiger partial charge is 0.0206 e. The molecular weight excluding hydrogens is 110 g/mol. The third kappa shape index (κ3) is 1.47. The third-order valence-corrected chi connectivity index (χ3v) is 1.84. The monoisotopic (exact) mass is 125 g/mol. The van der Waals surface area contributed by atoms with E-state index in [2.05, 4.69) is 24.9 Å². The van der Waals surface area contributed by atoms with Crippen molar-refractivity contribution in [2.45, 2.75) is 26.2 Å². The molecule has 1 nitrogen and oxygen atoms in total. The van der Waals surface area contributed by atoms with Crippen molar-refractivity contribution in [3.8, 4) is 0 Å². The highest BCUT2D eigenvalue weighted by molar-refractivity contribution is 5.05. The van der Waals surface area contributed by atoms with Crippen LogP contribution >= 0.6 is 0 Å². The molecule has 0 radical (unpaired) electrons. The molecule has 0 aromatic carbocycles. The lowest BCUT2D eigenvalue weighted by Crippen LogP contribution is -2.12. The Kier molecular flexibility index (Phi) is 2.15. The second-order valence-corrected chi connectivity index (χ2v) is 2.66. The minimum Gasteiger partial charge on any atom is -0.378 e. The predicted octanol–water partition coefficient (Wildman–Crippen LogP) is 2.01. The van der Waals surface area contributed by atoms with Gasteiger partial charge in [-0.15, -0.1) is 0 Å². The van der Waals surface area contributed by atoms with E-state index in [0.717, 1.165) is 0 Å². The lowest BCUT2D eigenvalue weighted by Gasteiger charge is -2.14. The number of allylic oxidation sites excluding steroid dienone is 1. The summed E-state index contributed by atoms with van der Waals surface area (Å²) in [6.45, 7) is 3.46. The zero-order valence-electron chi connectivity index (χ0n) is 6.35. The molecule has 0 spiro atoms. The second-order valence-electron chi connectivity index (χ2n) is 2.66. The Hall–Kier alpha value is -0.460. The van der Waals surface area contributed by atoms with Crippen LogP contribution in [0.25, 0.3) is 0 Å². The van der Waals surface area contributed by atoms with E-state index in [4.69, 9.17) is 0 Å². The molecule has 1 aliphatic heterocycles. The molecule has 1 rings (SSSR count). The molecule has 52 valence electrons. The van der Waals surface area contributed by atoms with Crippen LogP contribution in [-0.4, -0.2) is 18.5 Å². The summed E-state index contributed by atoms with van der Waals surface area (Å²) in [5.74, 6) is 0. The van der Waals surface area contributed by atoms with Gasteiger partial charge in [0.25, 0.3) is 0 Å². The summed E-state index contributed by atoms with van der Waals surface area (Å²) in [6.07, 6.45) is 6.14. The quantitative estimate of drug-likeness (QED) is 0.545. The Bertz CT molecular complexity index is 116. The van der Waals surface area contributed by atoms with E-state index in [0.29, 0.717) is 0 Å². The average molecular weight is 125 g/mol. The van der Waals surface area contributed by atoms with Crippen LogP contribution in [0.3, 0.4) is 0 Å². The van der Waals surface area contributed by atoms with Crippen molar-refractivity contribution in [3.05, 3.63) is 11.8 Å². The topological polar surface area (TPSA) is 3.24 Å². The number of hydrogen-bond donors (Lipinski definition) is 0. The molecule has 0 saturated carbocycles. The van der Waals surface area contributed by atoms with Gasteiger partial charge in [-0.2, -0.15) is 0 Å². The van der Waals surface area contributed by atoms with Gasteiger partial charge in [-0.3, -0.25) is 0 Å². The SMILES string of the molecule is CCCC1=CCCN1C. The molecule has 0 amide bonds. The van der Waals surface area contributed by atoms with Crippen molar-refractivity contribution >= 4 is 0 Å². The summed E-state index contributed by atoms with van der Waals surface area (Å²) >= 11 is 0. The van der Waals surface area contributed by atoms with Crippen LogP contribution in [-0.2, 0) is 0 Å². The Morgan fingerprint density at radius 3 is 2.89 bits per heavy atom. The summed E-state index contributed by atoms with van der Waals surface area (Å²) in [6, 6.07) is 0. The second kappa shape index (κ2) is 2.90. The van der Waals surface area contributed by atoms with Crippen LogP contribution in [0.1, 0.15) is 26.2 Å². The number of rotatable bonds is 2. The van der Waals surface area contributed by atoms with E-state index in [9.17, 15) is 0 Å². The molecule has 0 saturated heterocycles. The van der Waals surface area contributed by atoms with Crippen LogP contribution < -0.4 is 0 Å². The van der Waals surface area contributed by atoms with E-state index >= 15 is 0 Å². The molecule has 0 aromatic rings. The van der Waals surface area contributed by atoms with Gasteiger partial charge in [0.1, 0.15) is 0 Å². The van der Waals surface area contributed by atoms with Gasteiger partial charge in [-0.05, 0) is 12.8 Å². The minimum atomic E-state index is 1.23. The summed E-state index contributed by atoms with van der Waals surface area (Å²) in [5, 5.41) is 0. The summed E-state index contributed by atoms with van der Waals surface area (Å²) < 4.78 is 0. The lowest BCUT2D eigenvalue weighted by atomic mass is 10.2. The summed E-state index contributed by atoms with van der Waals surface area (Å²) in [4.78, 5) is 2.35. The van der Waals surface area contributed by atoms with Gasteiger partial charge in [0.2, 0.25) is 0 Å². The minimum absolute atomic E-state index is 1.23. The molecule has 1 heteroatoms. The lowest BCUT2D eigenvalue weighted by molar-refractivity contribution is 0.440. The van der Waals surface area contributed by atoms with Crippen molar-refractivity contribution in [1.82, 2.24) is 4.90 Å². The molecule has 0 aromatic heterocycles. The molecule has 1 aliphatic rings.